The van der Waals surface area contributed by atoms with Gasteiger partial charge in [0, 0.05) is 39.3 Å². The first-order valence-corrected chi connectivity index (χ1v) is 6.48. The topological polar surface area (TPSA) is 35.6 Å². The number of nitrogens with one attached hydrogen (secondary N) is 1. The van der Waals surface area contributed by atoms with Gasteiger partial charge in [-0.15, -0.1) is 24.8 Å². The van der Waals surface area contributed by atoms with Gasteiger partial charge in [0.15, 0.2) is 0 Å². The number of amides is 1. The maximum absolute atomic E-state index is 12.1. The monoisotopic (exact) mass is 299 g/mol. The standard InChI is InChI=1S/C12H25N3O.2ClH/c1-3-7-15(8-4-2)12(16)11-14-9-5-13-6-10-14;;/h13H,3-11H2,1-2H3;2*1H. The van der Waals surface area contributed by atoms with Crippen molar-refractivity contribution in [2.45, 2.75) is 26.7 Å². The number of carbonyl (C=O) groups is 1. The average molecular weight is 300 g/mol. The van der Waals surface area contributed by atoms with E-state index in [2.05, 4.69) is 24.1 Å². The molecule has 0 aromatic carbocycles. The second kappa shape index (κ2) is 12.0. The van der Waals surface area contributed by atoms with E-state index in [1.54, 1.807) is 0 Å². The third-order valence-electron chi connectivity index (χ3n) is 2.91. The van der Waals surface area contributed by atoms with Crippen LogP contribution in [0.25, 0.3) is 0 Å². The molecule has 1 aliphatic rings. The van der Waals surface area contributed by atoms with Gasteiger partial charge in [0.1, 0.15) is 0 Å². The van der Waals surface area contributed by atoms with Gasteiger partial charge in [-0.25, -0.2) is 0 Å². The third-order valence-corrected chi connectivity index (χ3v) is 2.91. The van der Waals surface area contributed by atoms with E-state index < -0.39 is 0 Å². The first kappa shape index (κ1) is 20.3. The lowest BCUT2D eigenvalue weighted by molar-refractivity contribution is -0.132. The Hall–Kier alpha value is -0.0300. The van der Waals surface area contributed by atoms with E-state index >= 15 is 0 Å². The molecule has 1 N–H and O–H groups in total. The van der Waals surface area contributed by atoms with Crippen molar-refractivity contribution in [2.75, 3.05) is 45.8 Å². The van der Waals surface area contributed by atoms with Crippen LogP contribution in [-0.4, -0.2) is 61.5 Å². The fourth-order valence-electron chi connectivity index (χ4n) is 2.06. The molecular formula is C12H27Cl2N3O. The summed E-state index contributed by atoms with van der Waals surface area (Å²) in [6, 6.07) is 0. The maximum atomic E-state index is 12.1. The highest BCUT2D eigenvalue weighted by atomic mass is 35.5. The number of carbonyl (C=O) groups excluding carboxylic acids is 1. The predicted molar refractivity (Wildman–Crippen MR) is 81.0 cm³/mol. The van der Waals surface area contributed by atoms with Crippen molar-refractivity contribution < 1.29 is 4.79 Å². The summed E-state index contributed by atoms with van der Waals surface area (Å²) in [7, 11) is 0. The Bertz CT molecular complexity index is 205. The van der Waals surface area contributed by atoms with Crippen LogP contribution in [0.3, 0.4) is 0 Å². The summed E-state index contributed by atoms with van der Waals surface area (Å²) in [5.74, 6) is 0.297. The molecule has 18 heavy (non-hydrogen) atoms. The molecule has 0 aromatic heterocycles. The largest absolute Gasteiger partial charge is 0.342 e. The van der Waals surface area contributed by atoms with Gasteiger partial charge in [-0.05, 0) is 12.8 Å². The van der Waals surface area contributed by atoms with Crippen LogP contribution in [0.2, 0.25) is 0 Å². The Kier molecular flexibility index (Phi) is 13.6. The highest BCUT2D eigenvalue weighted by Crippen LogP contribution is 1.99. The van der Waals surface area contributed by atoms with Crippen molar-refractivity contribution in [1.82, 2.24) is 15.1 Å². The van der Waals surface area contributed by atoms with Gasteiger partial charge in [-0.3, -0.25) is 9.69 Å². The molecule has 0 unspecified atom stereocenters. The van der Waals surface area contributed by atoms with Crippen molar-refractivity contribution in [3.05, 3.63) is 0 Å². The van der Waals surface area contributed by atoms with Crippen molar-refractivity contribution in [3.8, 4) is 0 Å². The van der Waals surface area contributed by atoms with Crippen LogP contribution in [-0.2, 0) is 4.79 Å². The molecule has 1 saturated heterocycles. The molecule has 4 nitrogen and oxygen atoms in total. The Morgan fingerprint density at radius 2 is 1.61 bits per heavy atom. The zero-order valence-electron chi connectivity index (χ0n) is 11.5. The zero-order chi connectivity index (χ0) is 11.8. The lowest BCUT2D eigenvalue weighted by atomic mass is 10.3. The van der Waals surface area contributed by atoms with Crippen molar-refractivity contribution >= 4 is 30.7 Å². The van der Waals surface area contributed by atoms with Gasteiger partial charge in [0.2, 0.25) is 5.91 Å². The van der Waals surface area contributed by atoms with Gasteiger partial charge in [-0.2, -0.15) is 0 Å². The Labute approximate surface area is 123 Å². The minimum atomic E-state index is 0. The number of rotatable bonds is 6. The molecule has 1 rings (SSSR count). The summed E-state index contributed by atoms with van der Waals surface area (Å²) in [5.41, 5.74) is 0. The molecule has 1 heterocycles. The van der Waals surface area contributed by atoms with Gasteiger partial charge in [0.25, 0.3) is 0 Å². The van der Waals surface area contributed by atoms with Crippen LogP contribution in [0.5, 0.6) is 0 Å². The molecule has 0 bridgehead atoms. The Morgan fingerprint density at radius 3 is 2.06 bits per heavy atom. The second-order valence-electron chi connectivity index (χ2n) is 4.41. The van der Waals surface area contributed by atoms with Gasteiger partial charge >= 0.3 is 0 Å². The minimum Gasteiger partial charge on any atom is -0.342 e. The first-order chi connectivity index (χ1) is 7.77. The highest BCUT2D eigenvalue weighted by molar-refractivity contribution is 5.85. The summed E-state index contributed by atoms with van der Waals surface area (Å²) in [4.78, 5) is 16.3. The molecule has 0 aromatic rings. The fourth-order valence-corrected chi connectivity index (χ4v) is 2.06. The van der Waals surface area contributed by atoms with Crippen LogP contribution in [0.15, 0.2) is 0 Å². The molecule has 0 radical (unpaired) electrons. The Morgan fingerprint density at radius 1 is 1.11 bits per heavy atom. The highest BCUT2D eigenvalue weighted by Gasteiger charge is 2.17. The van der Waals surface area contributed by atoms with E-state index in [0.29, 0.717) is 12.5 Å². The second-order valence-corrected chi connectivity index (χ2v) is 4.41. The number of hydrogen-bond acceptors (Lipinski definition) is 3. The first-order valence-electron chi connectivity index (χ1n) is 6.48. The number of halogens is 2. The number of nitrogens with zero attached hydrogens (tertiary/aromatic N) is 2. The average Bonchev–Trinajstić information content (AvgIpc) is 2.30. The molecule has 6 heteroatoms. The molecule has 0 saturated carbocycles. The fraction of sp³-hybridized carbons (Fsp3) is 0.917. The van der Waals surface area contributed by atoms with Gasteiger partial charge < -0.3 is 10.2 Å². The SMILES string of the molecule is CCCN(CCC)C(=O)CN1CCNCC1.Cl.Cl. The van der Waals surface area contributed by atoms with Crippen LogP contribution in [0, 0.1) is 0 Å². The van der Waals surface area contributed by atoms with Crippen LogP contribution < -0.4 is 5.32 Å². The normalized spacial score (nSPS) is 15.4. The molecule has 0 spiro atoms. The van der Waals surface area contributed by atoms with E-state index in [4.69, 9.17) is 0 Å². The van der Waals surface area contributed by atoms with Crippen LogP contribution in [0.1, 0.15) is 26.7 Å². The molecular weight excluding hydrogens is 273 g/mol. The summed E-state index contributed by atoms with van der Waals surface area (Å²) >= 11 is 0. The summed E-state index contributed by atoms with van der Waals surface area (Å²) < 4.78 is 0. The van der Waals surface area contributed by atoms with Gasteiger partial charge in [-0.1, -0.05) is 13.8 Å². The smallest absolute Gasteiger partial charge is 0.236 e. The van der Waals surface area contributed by atoms with Crippen molar-refractivity contribution in [1.29, 1.82) is 0 Å². The quantitative estimate of drug-likeness (QED) is 0.805. The number of piperazine rings is 1. The van der Waals surface area contributed by atoms with Gasteiger partial charge in [0.05, 0.1) is 6.54 Å². The maximum Gasteiger partial charge on any atom is 0.236 e. The third kappa shape index (κ3) is 7.41. The van der Waals surface area contributed by atoms with E-state index in [9.17, 15) is 4.79 Å². The molecule has 0 aliphatic carbocycles. The Balaban J connectivity index is 0. The zero-order valence-corrected chi connectivity index (χ0v) is 13.1. The predicted octanol–water partition coefficient (Wildman–Crippen LogP) is 1.38. The van der Waals surface area contributed by atoms with Crippen LogP contribution in [0.4, 0.5) is 0 Å². The summed E-state index contributed by atoms with van der Waals surface area (Å²) in [5, 5.41) is 3.30. The summed E-state index contributed by atoms with van der Waals surface area (Å²) in [6.07, 6.45) is 2.10. The lowest BCUT2D eigenvalue weighted by Gasteiger charge is -2.29. The summed E-state index contributed by atoms with van der Waals surface area (Å²) in [6.45, 7) is 10.7. The lowest BCUT2D eigenvalue weighted by Crippen LogP contribution is -2.48. The molecule has 110 valence electrons. The van der Waals surface area contributed by atoms with Crippen molar-refractivity contribution in [3.63, 3.8) is 0 Å². The van der Waals surface area contributed by atoms with E-state index in [0.717, 1.165) is 52.1 Å². The van der Waals surface area contributed by atoms with E-state index in [1.807, 2.05) is 4.90 Å². The number of hydrogen-bond donors (Lipinski definition) is 1. The molecule has 1 aliphatic heterocycles. The molecule has 1 fully saturated rings. The van der Waals surface area contributed by atoms with E-state index in [1.165, 1.54) is 0 Å². The van der Waals surface area contributed by atoms with Crippen LogP contribution >= 0.6 is 24.8 Å². The van der Waals surface area contributed by atoms with Crippen molar-refractivity contribution in [2.24, 2.45) is 0 Å². The minimum absolute atomic E-state index is 0. The molecule has 1 amide bonds. The molecule has 0 atom stereocenters. The van der Waals surface area contributed by atoms with E-state index in [-0.39, 0.29) is 24.8 Å².